The summed E-state index contributed by atoms with van der Waals surface area (Å²) in [6.07, 6.45) is -4.96. The molecule has 0 amide bonds. The summed E-state index contributed by atoms with van der Waals surface area (Å²) in [6.45, 7) is 0.607. The average molecular weight is 326 g/mol. The molecule has 1 saturated heterocycles. The second-order valence-electron chi connectivity index (χ2n) is 4.79. The lowest BCUT2D eigenvalue weighted by molar-refractivity contribution is -0.128. The number of anilines is 1. The Hall–Kier alpha value is -1.29. The molecule has 1 aromatic rings. The number of hydrogen-bond donors (Lipinski definition) is 3. The van der Waals surface area contributed by atoms with Gasteiger partial charge in [0.05, 0.1) is 18.2 Å². The SMILES string of the molecule is C[C@@H](Cl)[C@]1(CO)O[C@@H](n2cc(F)c(N)nc2=O)[C@@H](F)[C@@H]1O. The van der Waals surface area contributed by atoms with Gasteiger partial charge >= 0.3 is 5.69 Å². The van der Waals surface area contributed by atoms with Gasteiger partial charge in [0.1, 0.15) is 11.7 Å². The number of aliphatic hydroxyl groups is 2. The molecule has 0 bridgehead atoms. The van der Waals surface area contributed by atoms with E-state index in [0.29, 0.717) is 10.8 Å². The highest BCUT2D eigenvalue weighted by Gasteiger charge is 2.58. The first-order valence-electron chi connectivity index (χ1n) is 6.03. The predicted octanol–water partition coefficient (Wildman–Crippen LogP) is -0.449. The van der Waals surface area contributed by atoms with Crippen LogP contribution in [-0.2, 0) is 4.74 Å². The lowest BCUT2D eigenvalue weighted by Gasteiger charge is -2.32. The zero-order chi connectivity index (χ0) is 15.9. The number of ether oxygens (including phenoxy) is 1. The van der Waals surface area contributed by atoms with Gasteiger partial charge in [0.25, 0.3) is 0 Å². The van der Waals surface area contributed by atoms with Gasteiger partial charge < -0.3 is 20.7 Å². The van der Waals surface area contributed by atoms with Gasteiger partial charge in [-0.1, -0.05) is 0 Å². The number of aliphatic hydroxyl groups excluding tert-OH is 2. The highest BCUT2D eigenvalue weighted by Crippen LogP contribution is 2.42. The predicted molar refractivity (Wildman–Crippen MR) is 69.0 cm³/mol. The first-order valence-corrected chi connectivity index (χ1v) is 6.47. The standard InChI is InChI=1S/C11H14ClF2N3O4/c1-4(12)11(3-18)7(19)6(14)9(21-11)17-2-5(13)8(15)16-10(17)20/h2,4,6-7,9,18-19H,3H2,1H3,(H2,15,16,20)/t4-,6+,7+,9-,11+/m1/s1. The number of nitrogens with zero attached hydrogens (tertiary/aromatic N) is 2. The average Bonchev–Trinajstić information content (AvgIpc) is 2.68. The van der Waals surface area contributed by atoms with E-state index in [1.807, 2.05) is 0 Å². The molecule has 5 atom stereocenters. The molecule has 0 aliphatic carbocycles. The summed E-state index contributed by atoms with van der Waals surface area (Å²) in [7, 11) is 0. The molecule has 0 saturated carbocycles. The molecular weight excluding hydrogens is 312 g/mol. The van der Waals surface area contributed by atoms with Crippen LogP contribution in [0.15, 0.2) is 11.0 Å². The van der Waals surface area contributed by atoms with Crippen molar-refractivity contribution in [1.29, 1.82) is 0 Å². The molecule has 0 aromatic carbocycles. The highest BCUT2D eigenvalue weighted by atomic mass is 35.5. The maximum atomic E-state index is 14.2. The Kier molecular flexibility index (Phi) is 4.20. The van der Waals surface area contributed by atoms with Crippen LogP contribution < -0.4 is 11.4 Å². The monoisotopic (exact) mass is 325 g/mol. The van der Waals surface area contributed by atoms with E-state index in [1.165, 1.54) is 6.92 Å². The lowest BCUT2D eigenvalue weighted by Crippen LogP contribution is -2.51. The maximum Gasteiger partial charge on any atom is 0.351 e. The molecule has 0 spiro atoms. The van der Waals surface area contributed by atoms with Crippen LogP contribution in [0, 0.1) is 5.82 Å². The van der Waals surface area contributed by atoms with Gasteiger partial charge in [-0.05, 0) is 6.92 Å². The van der Waals surface area contributed by atoms with Crippen LogP contribution in [-0.4, -0.2) is 49.6 Å². The Bertz CT molecular complexity index is 599. The molecule has 2 rings (SSSR count). The Morgan fingerprint density at radius 1 is 1.71 bits per heavy atom. The molecular formula is C11H14ClF2N3O4. The minimum absolute atomic E-state index is 0.524. The van der Waals surface area contributed by atoms with Gasteiger partial charge in [0.15, 0.2) is 24.0 Å². The number of rotatable bonds is 3. The van der Waals surface area contributed by atoms with E-state index < -0.39 is 53.4 Å². The van der Waals surface area contributed by atoms with Crippen LogP contribution in [0.4, 0.5) is 14.6 Å². The van der Waals surface area contributed by atoms with E-state index in [4.69, 9.17) is 22.1 Å². The summed E-state index contributed by atoms with van der Waals surface area (Å²) in [5.41, 5.74) is 2.27. The molecule has 21 heavy (non-hydrogen) atoms. The van der Waals surface area contributed by atoms with Crippen LogP contribution in [0.3, 0.4) is 0 Å². The van der Waals surface area contributed by atoms with Crippen molar-refractivity contribution in [3.63, 3.8) is 0 Å². The smallest absolute Gasteiger partial charge is 0.351 e. The normalized spacial score (nSPS) is 34.1. The van der Waals surface area contributed by atoms with Gasteiger partial charge in [-0.25, -0.2) is 13.6 Å². The van der Waals surface area contributed by atoms with Crippen LogP contribution in [0.1, 0.15) is 13.2 Å². The van der Waals surface area contributed by atoms with E-state index >= 15 is 0 Å². The van der Waals surface area contributed by atoms with Crippen molar-refractivity contribution in [2.75, 3.05) is 12.3 Å². The first-order chi connectivity index (χ1) is 9.74. The van der Waals surface area contributed by atoms with Crippen molar-refractivity contribution in [3.05, 3.63) is 22.5 Å². The largest absolute Gasteiger partial charge is 0.393 e. The van der Waals surface area contributed by atoms with Crippen molar-refractivity contribution in [2.45, 2.75) is 36.4 Å². The molecule has 1 fully saturated rings. The van der Waals surface area contributed by atoms with Crippen LogP contribution >= 0.6 is 11.6 Å². The number of nitrogens with two attached hydrogens (primary N) is 1. The zero-order valence-corrected chi connectivity index (χ0v) is 11.7. The van der Waals surface area contributed by atoms with Gasteiger partial charge in [0, 0.05) is 0 Å². The second-order valence-corrected chi connectivity index (χ2v) is 5.45. The van der Waals surface area contributed by atoms with Gasteiger partial charge in [-0.15, -0.1) is 11.6 Å². The molecule has 1 aromatic heterocycles. The summed E-state index contributed by atoms with van der Waals surface area (Å²) in [6, 6.07) is 0. The lowest BCUT2D eigenvalue weighted by atomic mass is 9.93. The molecule has 0 radical (unpaired) electrons. The van der Waals surface area contributed by atoms with Crippen molar-refractivity contribution in [2.24, 2.45) is 0 Å². The minimum atomic E-state index is -2.11. The third kappa shape index (κ3) is 2.39. The fraction of sp³-hybridized carbons (Fsp3) is 0.636. The molecule has 7 nitrogen and oxygen atoms in total. The summed E-state index contributed by atoms with van der Waals surface area (Å²) >= 11 is 5.84. The fourth-order valence-corrected chi connectivity index (χ4v) is 2.47. The maximum absolute atomic E-state index is 14.2. The third-order valence-electron chi connectivity index (χ3n) is 3.54. The number of halogens is 3. The molecule has 118 valence electrons. The van der Waals surface area contributed by atoms with E-state index in [9.17, 15) is 23.8 Å². The summed E-state index contributed by atoms with van der Waals surface area (Å²) < 4.78 is 33.4. The Morgan fingerprint density at radius 2 is 2.33 bits per heavy atom. The number of alkyl halides is 2. The fourth-order valence-electron chi connectivity index (χ4n) is 2.22. The molecule has 1 aliphatic rings. The van der Waals surface area contributed by atoms with E-state index in [-0.39, 0.29) is 0 Å². The molecule has 1 aliphatic heterocycles. The van der Waals surface area contributed by atoms with Crippen molar-refractivity contribution in [1.82, 2.24) is 9.55 Å². The first kappa shape index (κ1) is 16.1. The third-order valence-corrected chi connectivity index (χ3v) is 3.91. The molecule has 10 heteroatoms. The van der Waals surface area contributed by atoms with Crippen molar-refractivity contribution < 1.29 is 23.7 Å². The number of aromatic nitrogens is 2. The van der Waals surface area contributed by atoms with E-state index in [1.54, 1.807) is 0 Å². The van der Waals surface area contributed by atoms with Crippen molar-refractivity contribution >= 4 is 17.4 Å². The summed E-state index contributed by atoms with van der Waals surface area (Å²) in [4.78, 5) is 14.9. The number of nitrogen functional groups attached to an aromatic ring is 1. The molecule has 4 N–H and O–H groups in total. The zero-order valence-electron chi connectivity index (χ0n) is 10.9. The Balaban J connectivity index is 2.47. The molecule has 0 unspecified atom stereocenters. The minimum Gasteiger partial charge on any atom is -0.393 e. The van der Waals surface area contributed by atoms with Crippen LogP contribution in [0.5, 0.6) is 0 Å². The van der Waals surface area contributed by atoms with Crippen LogP contribution in [0.2, 0.25) is 0 Å². The van der Waals surface area contributed by atoms with E-state index in [0.717, 1.165) is 0 Å². The Labute approximate surface area is 122 Å². The van der Waals surface area contributed by atoms with Gasteiger partial charge in [0.2, 0.25) is 0 Å². The van der Waals surface area contributed by atoms with Crippen LogP contribution in [0.25, 0.3) is 0 Å². The van der Waals surface area contributed by atoms with Gasteiger partial charge in [-0.3, -0.25) is 4.57 Å². The van der Waals surface area contributed by atoms with E-state index in [2.05, 4.69) is 4.98 Å². The van der Waals surface area contributed by atoms with Gasteiger partial charge in [-0.2, -0.15) is 4.98 Å². The van der Waals surface area contributed by atoms with Crippen molar-refractivity contribution in [3.8, 4) is 0 Å². The summed E-state index contributed by atoms with van der Waals surface area (Å²) in [5.74, 6) is -1.68. The summed E-state index contributed by atoms with van der Waals surface area (Å²) in [5, 5.41) is 18.3. The topological polar surface area (TPSA) is 111 Å². The second kappa shape index (κ2) is 5.48. The quantitative estimate of drug-likeness (QED) is 0.649. The highest BCUT2D eigenvalue weighted by molar-refractivity contribution is 6.21. The number of hydrogen-bond acceptors (Lipinski definition) is 6. The Morgan fingerprint density at radius 3 is 2.81 bits per heavy atom. The molecule has 2 heterocycles.